The molecule has 1 fully saturated rings. The number of carbonyl (C=O) groups is 2. The molecular formula is C27H40O4Si. The second-order valence-electron chi connectivity index (χ2n) is 10.7. The Morgan fingerprint density at radius 2 is 1.38 bits per heavy atom. The number of hydrogen-bond acceptors (Lipinski definition) is 4. The molecule has 0 amide bonds. The molecule has 2 rings (SSSR count). The van der Waals surface area contributed by atoms with Gasteiger partial charge >= 0.3 is 11.9 Å². The molecule has 1 aromatic carbocycles. The molecule has 0 N–H and O–H groups in total. The van der Waals surface area contributed by atoms with Crippen LogP contribution in [0.4, 0.5) is 0 Å². The van der Waals surface area contributed by atoms with Gasteiger partial charge in [-0.05, 0) is 40.7 Å². The van der Waals surface area contributed by atoms with Crippen molar-refractivity contribution < 1.29 is 19.1 Å². The predicted octanol–water partition coefficient (Wildman–Crippen LogP) is 6.38. The van der Waals surface area contributed by atoms with Gasteiger partial charge in [-0.15, -0.1) is 5.54 Å². The lowest BCUT2D eigenvalue weighted by molar-refractivity contribution is -0.243. The molecule has 0 saturated carbocycles. The summed E-state index contributed by atoms with van der Waals surface area (Å²) in [5.41, 5.74) is 6.62. The first-order chi connectivity index (χ1) is 14.7. The highest BCUT2D eigenvalue weighted by atomic mass is 28.3. The van der Waals surface area contributed by atoms with Gasteiger partial charge in [-0.3, -0.25) is 9.59 Å². The Bertz CT molecular complexity index is 860. The van der Waals surface area contributed by atoms with Crippen LogP contribution in [-0.4, -0.2) is 25.8 Å². The van der Waals surface area contributed by atoms with Crippen LogP contribution in [0, 0.1) is 17.4 Å². The average Bonchev–Trinajstić information content (AvgIpc) is 2.66. The van der Waals surface area contributed by atoms with Gasteiger partial charge in [-0.1, -0.05) is 73.4 Å². The van der Waals surface area contributed by atoms with Gasteiger partial charge < -0.3 is 9.47 Å². The standard InChI is InChI=1S/C27H40O4Si/c1-11-27(10,23-24(28)30-26(8,9)31-25(23)29)22-14-12-21(13-15-22)16-17-32(18(2)3,19(4)5)20(6)7/h12-15,18-20,23H,11H2,1-10H3/t27-/m0/s1. The number of cyclic esters (lactones) is 2. The van der Waals surface area contributed by atoms with E-state index >= 15 is 0 Å². The summed E-state index contributed by atoms with van der Waals surface area (Å²) in [6, 6.07) is 7.97. The number of carbonyl (C=O) groups excluding carboxylic acids is 2. The van der Waals surface area contributed by atoms with Crippen molar-refractivity contribution in [2.45, 2.75) is 103 Å². The van der Waals surface area contributed by atoms with E-state index in [1.54, 1.807) is 13.8 Å². The summed E-state index contributed by atoms with van der Waals surface area (Å²) in [5.74, 6) is 0.199. The monoisotopic (exact) mass is 456 g/mol. The molecule has 0 bridgehead atoms. The lowest BCUT2D eigenvalue weighted by Gasteiger charge is -2.41. The fourth-order valence-electron chi connectivity index (χ4n) is 5.36. The molecule has 1 atom stereocenters. The normalized spacial score (nSPS) is 18.8. The molecule has 176 valence electrons. The summed E-state index contributed by atoms with van der Waals surface area (Å²) in [7, 11) is -1.81. The lowest BCUT2D eigenvalue weighted by atomic mass is 9.69. The van der Waals surface area contributed by atoms with Crippen molar-refractivity contribution in [1.82, 2.24) is 0 Å². The number of hydrogen-bond donors (Lipinski definition) is 0. The Kier molecular flexibility index (Phi) is 7.72. The first kappa shape index (κ1) is 26.2. The highest BCUT2D eigenvalue weighted by molar-refractivity contribution is 6.90. The number of benzene rings is 1. The van der Waals surface area contributed by atoms with Crippen molar-refractivity contribution in [3.63, 3.8) is 0 Å². The minimum atomic E-state index is -1.81. The highest BCUT2D eigenvalue weighted by Gasteiger charge is 2.52. The van der Waals surface area contributed by atoms with Crippen LogP contribution in [0.2, 0.25) is 16.6 Å². The van der Waals surface area contributed by atoms with Gasteiger partial charge in [-0.2, -0.15) is 0 Å². The number of esters is 2. The minimum absolute atomic E-state index is 0.527. The van der Waals surface area contributed by atoms with E-state index < -0.39 is 37.1 Å². The third kappa shape index (κ3) is 4.81. The molecular weight excluding hydrogens is 416 g/mol. The fourth-order valence-corrected chi connectivity index (χ4v) is 10.6. The zero-order valence-corrected chi connectivity index (χ0v) is 22.5. The molecule has 0 aliphatic carbocycles. The van der Waals surface area contributed by atoms with Gasteiger partial charge in [0.1, 0.15) is 8.07 Å². The summed E-state index contributed by atoms with van der Waals surface area (Å²) < 4.78 is 10.8. The van der Waals surface area contributed by atoms with E-state index in [9.17, 15) is 9.59 Å². The second kappa shape index (κ2) is 9.43. The maximum Gasteiger partial charge on any atom is 0.324 e. The highest BCUT2D eigenvalue weighted by Crippen LogP contribution is 2.42. The van der Waals surface area contributed by atoms with Crippen molar-refractivity contribution in [2.24, 2.45) is 5.92 Å². The molecule has 1 saturated heterocycles. The van der Waals surface area contributed by atoms with Crippen LogP contribution in [-0.2, 0) is 24.5 Å². The zero-order chi connectivity index (χ0) is 24.5. The van der Waals surface area contributed by atoms with Gasteiger partial charge in [0.15, 0.2) is 5.92 Å². The maximum absolute atomic E-state index is 12.7. The molecule has 0 spiro atoms. The molecule has 1 aliphatic heterocycles. The van der Waals surface area contributed by atoms with Crippen LogP contribution in [0.15, 0.2) is 24.3 Å². The second-order valence-corrected chi connectivity index (χ2v) is 16.3. The largest absolute Gasteiger partial charge is 0.422 e. The molecule has 5 heteroatoms. The van der Waals surface area contributed by atoms with Gasteiger partial charge in [-0.25, -0.2) is 0 Å². The van der Waals surface area contributed by atoms with Gasteiger partial charge in [0, 0.05) is 24.8 Å². The summed E-state index contributed by atoms with van der Waals surface area (Å²) in [4.78, 5) is 25.5. The quantitative estimate of drug-likeness (QED) is 0.216. The topological polar surface area (TPSA) is 52.6 Å². The van der Waals surface area contributed by atoms with E-state index in [0.717, 1.165) is 11.1 Å². The molecule has 32 heavy (non-hydrogen) atoms. The molecule has 4 nitrogen and oxygen atoms in total. The fraction of sp³-hybridized carbons (Fsp3) is 0.630. The van der Waals surface area contributed by atoms with E-state index in [0.29, 0.717) is 23.0 Å². The Labute approximate surface area is 195 Å². The number of rotatable bonds is 6. The lowest BCUT2D eigenvalue weighted by Crippen LogP contribution is -2.53. The molecule has 0 unspecified atom stereocenters. The predicted molar refractivity (Wildman–Crippen MR) is 132 cm³/mol. The van der Waals surface area contributed by atoms with Crippen LogP contribution in [0.3, 0.4) is 0 Å². The van der Waals surface area contributed by atoms with Crippen molar-refractivity contribution in [2.75, 3.05) is 0 Å². The Morgan fingerprint density at radius 3 is 1.75 bits per heavy atom. The van der Waals surface area contributed by atoms with Crippen LogP contribution >= 0.6 is 0 Å². The average molecular weight is 457 g/mol. The van der Waals surface area contributed by atoms with Crippen molar-refractivity contribution in [3.05, 3.63) is 35.4 Å². The van der Waals surface area contributed by atoms with Gasteiger partial charge in [0.25, 0.3) is 5.79 Å². The van der Waals surface area contributed by atoms with Gasteiger partial charge in [0.2, 0.25) is 0 Å². The first-order valence-corrected chi connectivity index (χ1v) is 14.0. The molecule has 1 aliphatic rings. The van der Waals surface area contributed by atoms with E-state index in [-0.39, 0.29) is 0 Å². The van der Waals surface area contributed by atoms with Crippen molar-refractivity contribution in [1.29, 1.82) is 0 Å². The van der Waals surface area contributed by atoms with Crippen LogP contribution < -0.4 is 0 Å². The number of ether oxygens (including phenoxy) is 2. The Hall–Kier alpha value is -2.06. The van der Waals surface area contributed by atoms with E-state index in [1.807, 2.05) is 38.1 Å². The van der Waals surface area contributed by atoms with Crippen LogP contribution in [0.1, 0.15) is 86.8 Å². The van der Waals surface area contributed by atoms with Gasteiger partial charge in [0.05, 0.1) is 0 Å². The third-order valence-corrected chi connectivity index (χ3v) is 13.7. The zero-order valence-electron chi connectivity index (χ0n) is 21.5. The SMILES string of the molecule is CC[C@@](C)(c1ccc(C#C[Si](C(C)C)(C(C)C)C(C)C)cc1)C1C(=O)OC(C)(C)OC1=O. The van der Waals surface area contributed by atoms with E-state index in [4.69, 9.17) is 9.47 Å². The maximum atomic E-state index is 12.7. The summed E-state index contributed by atoms with van der Waals surface area (Å²) >= 11 is 0. The first-order valence-electron chi connectivity index (χ1n) is 11.8. The van der Waals surface area contributed by atoms with Crippen molar-refractivity contribution >= 4 is 20.0 Å². The summed E-state index contributed by atoms with van der Waals surface area (Å²) in [5, 5.41) is 0. The molecule has 1 aromatic rings. The minimum Gasteiger partial charge on any atom is -0.422 e. The molecule has 1 heterocycles. The Morgan fingerprint density at radius 1 is 0.938 bits per heavy atom. The Balaban J connectivity index is 2.41. The molecule has 0 radical (unpaired) electrons. The van der Waals surface area contributed by atoms with Crippen LogP contribution in [0.25, 0.3) is 0 Å². The summed E-state index contributed by atoms with van der Waals surface area (Å²) in [6.45, 7) is 20.9. The summed E-state index contributed by atoms with van der Waals surface area (Å²) in [6.07, 6.45) is 0.595. The van der Waals surface area contributed by atoms with Crippen LogP contribution in [0.5, 0.6) is 0 Å². The van der Waals surface area contributed by atoms with Crippen molar-refractivity contribution in [3.8, 4) is 11.5 Å². The van der Waals surface area contributed by atoms with E-state index in [2.05, 4.69) is 53.0 Å². The molecule has 0 aromatic heterocycles. The third-order valence-electron chi connectivity index (χ3n) is 7.37. The van der Waals surface area contributed by atoms with E-state index in [1.165, 1.54) is 0 Å². The smallest absolute Gasteiger partial charge is 0.324 e.